The maximum Gasteiger partial charge on any atom is 0.337 e. The average Bonchev–Trinajstić information content (AvgIpc) is 2.45. The van der Waals surface area contributed by atoms with Crippen LogP contribution in [0.2, 0.25) is 16.6 Å². The quantitative estimate of drug-likeness (QED) is 0.443. The summed E-state index contributed by atoms with van der Waals surface area (Å²) in [7, 11) is -2.22. The number of hydrogen-bond acceptors (Lipinski definition) is 5. The van der Waals surface area contributed by atoms with Crippen molar-refractivity contribution in [1.82, 2.24) is 0 Å². The maximum absolute atomic E-state index is 11.9. The van der Waals surface area contributed by atoms with Gasteiger partial charge in [-0.1, -0.05) is 41.5 Å². The zero-order valence-electron chi connectivity index (χ0n) is 15.8. The van der Waals surface area contributed by atoms with Crippen LogP contribution >= 0.6 is 0 Å². The van der Waals surface area contributed by atoms with Crippen LogP contribution in [0.15, 0.2) is 0 Å². The van der Waals surface area contributed by atoms with Gasteiger partial charge < -0.3 is 19.4 Å². The van der Waals surface area contributed by atoms with Gasteiger partial charge in [0.1, 0.15) is 0 Å². The fourth-order valence-electron chi connectivity index (χ4n) is 3.62. The van der Waals surface area contributed by atoms with E-state index in [4.69, 9.17) is 14.3 Å². The lowest BCUT2D eigenvalue weighted by molar-refractivity contribution is -0.158. The Morgan fingerprint density at radius 1 is 1.04 bits per heavy atom. The summed E-state index contributed by atoms with van der Waals surface area (Å²) < 4.78 is 11.5. The molecule has 0 bridgehead atoms. The molecule has 23 heavy (non-hydrogen) atoms. The normalized spacial score (nSPS) is 15.3. The smallest absolute Gasteiger partial charge is 0.337 e. The monoisotopic (exact) mass is 348 g/mol. The molecule has 0 aliphatic heterocycles. The lowest BCUT2D eigenvalue weighted by Crippen LogP contribution is -2.53. The van der Waals surface area contributed by atoms with Gasteiger partial charge in [0.25, 0.3) is 0 Å². The van der Waals surface area contributed by atoms with Crippen molar-refractivity contribution >= 4 is 14.3 Å². The fourth-order valence-corrected chi connectivity index (χ4v) is 9.21. The van der Waals surface area contributed by atoms with Gasteiger partial charge in [0, 0.05) is 6.61 Å². The van der Waals surface area contributed by atoms with Crippen LogP contribution < -0.4 is 0 Å². The summed E-state index contributed by atoms with van der Waals surface area (Å²) in [5, 5.41) is 19.5. The van der Waals surface area contributed by atoms with E-state index in [9.17, 15) is 9.90 Å². The molecule has 0 aromatic heterocycles. The van der Waals surface area contributed by atoms with Gasteiger partial charge in [-0.05, 0) is 36.4 Å². The average molecular weight is 349 g/mol. The lowest BCUT2D eigenvalue weighted by Gasteiger charge is -2.45. The number of rotatable bonds is 11. The molecule has 2 atom stereocenters. The minimum Gasteiger partial charge on any atom is -0.464 e. The van der Waals surface area contributed by atoms with Crippen LogP contribution in [0, 0.1) is 0 Å². The molecule has 0 amide bonds. The first-order valence-electron chi connectivity index (χ1n) is 8.78. The van der Waals surface area contributed by atoms with E-state index in [2.05, 4.69) is 41.5 Å². The van der Waals surface area contributed by atoms with E-state index in [-0.39, 0.29) is 13.2 Å². The summed E-state index contributed by atoms with van der Waals surface area (Å²) in [4.78, 5) is 11.9. The number of carbonyl (C=O) groups is 1. The van der Waals surface area contributed by atoms with Gasteiger partial charge in [-0.2, -0.15) is 0 Å². The summed E-state index contributed by atoms with van der Waals surface area (Å²) in [5.41, 5.74) is 1.07. The summed E-state index contributed by atoms with van der Waals surface area (Å²) >= 11 is 0. The van der Waals surface area contributed by atoms with Crippen molar-refractivity contribution in [3.05, 3.63) is 0 Å². The highest BCUT2D eigenvalue weighted by Gasteiger charge is 2.48. The molecule has 0 rings (SSSR count). The molecule has 0 unspecified atom stereocenters. The first-order chi connectivity index (χ1) is 10.6. The lowest BCUT2D eigenvalue weighted by atomic mass is 10.1. The second-order valence-electron chi connectivity index (χ2n) is 7.04. The third kappa shape index (κ3) is 5.85. The van der Waals surface area contributed by atoms with Crippen molar-refractivity contribution in [2.24, 2.45) is 0 Å². The van der Waals surface area contributed by atoms with E-state index in [0.717, 1.165) is 0 Å². The second kappa shape index (κ2) is 10.4. The molecule has 6 heteroatoms. The second-order valence-corrected chi connectivity index (χ2v) is 12.4. The summed E-state index contributed by atoms with van der Waals surface area (Å²) in [6.07, 6.45) is -0.998. The standard InChI is InChI=1S/C17H36O5Si/c1-8-21-17(20)16(19)15(10-9-11-18)22-23(12(2)3,13(4)5)14(6)7/h12-16,18-19H,8-11H2,1-7H3/t15-,16+/m1/s1. The van der Waals surface area contributed by atoms with E-state index < -0.39 is 26.5 Å². The van der Waals surface area contributed by atoms with Crippen molar-refractivity contribution in [3.63, 3.8) is 0 Å². The molecule has 0 aromatic rings. The summed E-state index contributed by atoms with van der Waals surface area (Å²) in [5.74, 6) is -0.644. The minimum absolute atomic E-state index is 0.00893. The summed E-state index contributed by atoms with van der Waals surface area (Å²) in [6, 6.07) is 0. The van der Waals surface area contributed by atoms with Crippen molar-refractivity contribution in [1.29, 1.82) is 0 Å². The van der Waals surface area contributed by atoms with E-state index in [1.54, 1.807) is 6.92 Å². The van der Waals surface area contributed by atoms with E-state index in [1.165, 1.54) is 0 Å². The molecule has 0 aromatic carbocycles. The SMILES string of the molecule is CCOC(=O)[C@@H](O)[C@@H](CCCO)O[Si](C(C)C)(C(C)C)C(C)C. The highest BCUT2D eigenvalue weighted by molar-refractivity contribution is 6.77. The maximum atomic E-state index is 11.9. The predicted octanol–water partition coefficient (Wildman–Crippen LogP) is 3.24. The predicted molar refractivity (Wildman–Crippen MR) is 94.9 cm³/mol. The molecular formula is C17H36O5Si. The molecule has 0 aliphatic rings. The van der Waals surface area contributed by atoms with E-state index in [0.29, 0.717) is 29.5 Å². The molecule has 138 valence electrons. The number of ether oxygens (including phenoxy) is 1. The molecule has 0 heterocycles. The van der Waals surface area contributed by atoms with E-state index >= 15 is 0 Å². The van der Waals surface area contributed by atoms with Gasteiger partial charge in [-0.3, -0.25) is 0 Å². The molecule has 0 spiro atoms. The zero-order chi connectivity index (χ0) is 18.2. The van der Waals surface area contributed by atoms with Crippen LogP contribution in [0.1, 0.15) is 61.3 Å². The molecule has 2 N–H and O–H groups in total. The first-order valence-corrected chi connectivity index (χ1v) is 10.9. The van der Waals surface area contributed by atoms with Gasteiger partial charge in [0.15, 0.2) is 6.10 Å². The van der Waals surface area contributed by atoms with Gasteiger partial charge >= 0.3 is 5.97 Å². The largest absolute Gasteiger partial charge is 0.464 e. The molecule has 5 nitrogen and oxygen atoms in total. The van der Waals surface area contributed by atoms with Crippen LogP contribution in [0.5, 0.6) is 0 Å². The van der Waals surface area contributed by atoms with Gasteiger partial charge in [-0.25, -0.2) is 4.79 Å². The highest BCUT2D eigenvalue weighted by atomic mass is 28.4. The molecule has 0 radical (unpaired) electrons. The van der Waals surface area contributed by atoms with E-state index in [1.807, 2.05) is 0 Å². The Bertz CT molecular complexity index is 322. The Morgan fingerprint density at radius 2 is 1.52 bits per heavy atom. The Morgan fingerprint density at radius 3 is 1.87 bits per heavy atom. The fraction of sp³-hybridized carbons (Fsp3) is 0.941. The number of carbonyl (C=O) groups excluding carboxylic acids is 1. The Labute approximate surface area is 142 Å². The minimum atomic E-state index is -2.22. The number of esters is 1. The van der Waals surface area contributed by atoms with Crippen LogP contribution in [0.4, 0.5) is 0 Å². The van der Waals surface area contributed by atoms with Gasteiger partial charge in [0.2, 0.25) is 8.32 Å². The van der Waals surface area contributed by atoms with Crippen molar-refractivity contribution in [3.8, 4) is 0 Å². The molecule has 0 aliphatic carbocycles. The third-order valence-electron chi connectivity index (χ3n) is 4.59. The van der Waals surface area contributed by atoms with Gasteiger partial charge in [0.05, 0.1) is 12.7 Å². The molecule has 0 fully saturated rings. The van der Waals surface area contributed by atoms with Crippen LogP contribution in [-0.2, 0) is 14.0 Å². The van der Waals surface area contributed by atoms with Crippen LogP contribution in [-0.4, -0.2) is 49.9 Å². The zero-order valence-corrected chi connectivity index (χ0v) is 16.8. The Balaban J connectivity index is 5.48. The summed E-state index contributed by atoms with van der Waals surface area (Å²) in [6.45, 7) is 14.9. The first kappa shape index (κ1) is 22.6. The molecule has 0 saturated heterocycles. The Kier molecular flexibility index (Phi) is 10.2. The van der Waals surface area contributed by atoms with Crippen molar-refractivity contribution in [2.45, 2.75) is 90.1 Å². The Hall–Kier alpha value is -0.433. The third-order valence-corrected chi connectivity index (χ3v) is 10.7. The van der Waals surface area contributed by atoms with Gasteiger partial charge in [-0.15, -0.1) is 0 Å². The number of aliphatic hydroxyl groups excluding tert-OH is 2. The van der Waals surface area contributed by atoms with Crippen molar-refractivity contribution < 1.29 is 24.2 Å². The molecule has 0 saturated carbocycles. The number of hydrogen-bond donors (Lipinski definition) is 2. The number of aliphatic hydroxyl groups is 2. The highest BCUT2D eigenvalue weighted by Crippen LogP contribution is 2.43. The molecular weight excluding hydrogens is 312 g/mol. The van der Waals surface area contributed by atoms with Crippen LogP contribution in [0.3, 0.4) is 0 Å². The topological polar surface area (TPSA) is 76.0 Å². The van der Waals surface area contributed by atoms with Crippen LogP contribution in [0.25, 0.3) is 0 Å². The van der Waals surface area contributed by atoms with Crippen molar-refractivity contribution in [2.75, 3.05) is 13.2 Å².